The van der Waals surface area contributed by atoms with Gasteiger partial charge in [-0.05, 0) is 32.6 Å². The van der Waals surface area contributed by atoms with Crippen molar-refractivity contribution in [1.82, 2.24) is 10.2 Å². The molecule has 1 N–H and O–H groups in total. The Morgan fingerprint density at radius 1 is 1.18 bits per heavy atom. The van der Waals surface area contributed by atoms with Crippen LogP contribution in [0.4, 0.5) is 4.39 Å². The summed E-state index contributed by atoms with van der Waals surface area (Å²) in [4.78, 5) is 2.53. The van der Waals surface area contributed by atoms with Gasteiger partial charge in [0.1, 0.15) is 0 Å². The van der Waals surface area contributed by atoms with Crippen LogP contribution >= 0.6 is 0 Å². The number of alkyl halides is 1. The molecule has 0 aromatic heterocycles. The SMILES string of the molecule is CCC1(C)CN(CCCF)C(CC)(CC)CN1. The summed E-state index contributed by atoms with van der Waals surface area (Å²) in [5.74, 6) is 0. The summed E-state index contributed by atoms with van der Waals surface area (Å²) in [7, 11) is 0. The average Bonchev–Trinajstić information content (AvgIpc) is 2.37. The van der Waals surface area contributed by atoms with Gasteiger partial charge in [-0.15, -0.1) is 0 Å². The summed E-state index contributed by atoms with van der Waals surface area (Å²) in [6.45, 7) is 11.8. The molecular formula is C14H29FN2. The lowest BCUT2D eigenvalue weighted by Gasteiger charge is -2.53. The Hall–Kier alpha value is -0.150. The molecule has 17 heavy (non-hydrogen) atoms. The number of nitrogens with one attached hydrogen (secondary N) is 1. The van der Waals surface area contributed by atoms with Gasteiger partial charge in [0.2, 0.25) is 0 Å². The normalized spacial score (nSPS) is 29.5. The van der Waals surface area contributed by atoms with E-state index in [4.69, 9.17) is 0 Å². The van der Waals surface area contributed by atoms with Crippen molar-refractivity contribution >= 4 is 0 Å². The molecule has 1 saturated heterocycles. The van der Waals surface area contributed by atoms with Crippen LogP contribution in [-0.4, -0.2) is 42.3 Å². The Balaban J connectivity index is 2.78. The third kappa shape index (κ3) is 3.19. The van der Waals surface area contributed by atoms with Crippen LogP contribution in [-0.2, 0) is 0 Å². The van der Waals surface area contributed by atoms with Gasteiger partial charge < -0.3 is 5.32 Å². The van der Waals surface area contributed by atoms with Gasteiger partial charge >= 0.3 is 0 Å². The fourth-order valence-corrected chi connectivity index (χ4v) is 2.89. The second kappa shape index (κ2) is 6.14. The summed E-state index contributed by atoms with van der Waals surface area (Å²) in [5, 5.41) is 3.71. The van der Waals surface area contributed by atoms with Crippen LogP contribution in [0, 0.1) is 0 Å². The molecular weight excluding hydrogens is 215 g/mol. The minimum absolute atomic E-state index is 0.198. The average molecular weight is 244 g/mol. The smallest absolute Gasteiger partial charge is 0.0906 e. The van der Waals surface area contributed by atoms with Crippen LogP contribution in [0.3, 0.4) is 0 Å². The molecule has 2 nitrogen and oxygen atoms in total. The van der Waals surface area contributed by atoms with Gasteiger partial charge in [0, 0.05) is 30.7 Å². The van der Waals surface area contributed by atoms with Crippen LogP contribution in [0.2, 0.25) is 0 Å². The summed E-state index contributed by atoms with van der Waals surface area (Å²) in [6.07, 6.45) is 4.08. The number of halogens is 1. The Kier molecular flexibility index (Phi) is 5.39. The zero-order valence-corrected chi connectivity index (χ0v) is 12.0. The second-order valence-corrected chi connectivity index (χ2v) is 5.66. The summed E-state index contributed by atoms with van der Waals surface area (Å²) in [5.41, 5.74) is 0.438. The first kappa shape index (κ1) is 14.9. The molecule has 0 amide bonds. The molecule has 0 aromatic rings. The molecule has 3 heteroatoms. The fraction of sp³-hybridized carbons (Fsp3) is 1.00. The van der Waals surface area contributed by atoms with E-state index in [0.717, 1.165) is 38.9 Å². The van der Waals surface area contributed by atoms with Crippen LogP contribution in [0.25, 0.3) is 0 Å². The number of hydrogen-bond donors (Lipinski definition) is 1. The summed E-state index contributed by atoms with van der Waals surface area (Å²) < 4.78 is 12.4. The number of nitrogens with zero attached hydrogens (tertiary/aromatic N) is 1. The number of piperazine rings is 1. The molecule has 1 fully saturated rings. The van der Waals surface area contributed by atoms with Crippen molar-refractivity contribution in [2.45, 2.75) is 64.5 Å². The monoisotopic (exact) mass is 244 g/mol. The zero-order chi connectivity index (χ0) is 12.9. The van der Waals surface area contributed by atoms with Crippen LogP contribution < -0.4 is 5.32 Å². The van der Waals surface area contributed by atoms with E-state index in [-0.39, 0.29) is 17.8 Å². The van der Waals surface area contributed by atoms with Crippen molar-refractivity contribution in [3.8, 4) is 0 Å². The molecule has 0 radical (unpaired) electrons. The highest BCUT2D eigenvalue weighted by molar-refractivity contribution is 5.02. The quantitative estimate of drug-likeness (QED) is 0.773. The van der Waals surface area contributed by atoms with Gasteiger partial charge in [0.05, 0.1) is 6.67 Å². The molecule has 1 heterocycles. The third-order valence-corrected chi connectivity index (χ3v) is 4.71. The predicted molar refractivity (Wildman–Crippen MR) is 72.2 cm³/mol. The first-order chi connectivity index (χ1) is 8.05. The van der Waals surface area contributed by atoms with Gasteiger partial charge in [-0.25, -0.2) is 0 Å². The Labute approximate surface area is 106 Å². The molecule has 0 bridgehead atoms. The van der Waals surface area contributed by atoms with E-state index >= 15 is 0 Å². The highest BCUT2D eigenvalue weighted by atomic mass is 19.1. The highest BCUT2D eigenvalue weighted by Gasteiger charge is 2.42. The van der Waals surface area contributed by atoms with E-state index in [1.165, 1.54) is 0 Å². The molecule has 0 aliphatic carbocycles. The minimum Gasteiger partial charge on any atom is -0.308 e. The van der Waals surface area contributed by atoms with Crippen molar-refractivity contribution in [2.75, 3.05) is 26.3 Å². The predicted octanol–water partition coefficient (Wildman–Crippen LogP) is 2.98. The maximum absolute atomic E-state index is 12.4. The maximum Gasteiger partial charge on any atom is 0.0906 e. The van der Waals surface area contributed by atoms with Crippen molar-refractivity contribution in [3.63, 3.8) is 0 Å². The second-order valence-electron chi connectivity index (χ2n) is 5.66. The molecule has 0 saturated carbocycles. The Morgan fingerprint density at radius 2 is 1.82 bits per heavy atom. The number of hydrogen-bond acceptors (Lipinski definition) is 2. The highest BCUT2D eigenvalue weighted by Crippen LogP contribution is 2.31. The first-order valence-electron chi connectivity index (χ1n) is 7.12. The fourth-order valence-electron chi connectivity index (χ4n) is 2.89. The molecule has 1 aliphatic heterocycles. The van der Waals surface area contributed by atoms with E-state index in [2.05, 4.69) is 37.9 Å². The van der Waals surface area contributed by atoms with Crippen molar-refractivity contribution in [3.05, 3.63) is 0 Å². The maximum atomic E-state index is 12.4. The van der Waals surface area contributed by atoms with E-state index in [1.54, 1.807) is 0 Å². The van der Waals surface area contributed by atoms with Gasteiger partial charge in [0.15, 0.2) is 0 Å². The minimum atomic E-state index is -0.198. The molecule has 1 unspecified atom stereocenters. The van der Waals surface area contributed by atoms with Crippen LogP contribution in [0.15, 0.2) is 0 Å². The topological polar surface area (TPSA) is 15.3 Å². The van der Waals surface area contributed by atoms with Gasteiger partial charge in [-0.3, -0.25) is 9.29 Å². The Morgan fingerprint density at radius 3 is 2.29 bits per heavy atom. The molecule has 1 aliphatic rings. The zero-order valence-electron chi connectivity index (χ0n) is 12.0. The van der Waals surface area contributed by atoms with E-state index in [9.17, 15) is 4.39 Å². The lowest BCUT2D eigenvalue weighted by molar-refractivity contribution is 0.000669. The van der Waals surface area contributed by atoms with Gasteiger partial charge in [-0.2, -0.15) is 0 Å². The Bertz CT molecular complexity index is 228. The van der Waals surface area contributed by atoms with Crippen molar-refractivity contribution in [1.29, 1.82) is 0 Å². The first-order valence-corrected chi connectivity index (χ1v) is 7.12. The molecule has 102 valence electrons. The van der Waals surface area contributed by atoms with E-state index in [1.807, 2.05) is 0 Å². The van der Waals surface area contributed by atoms with E-state index < -0.39 is 0 Å². The third-order valence-electron chi connectivity index (χ3n) is 4.71. The van der Waals surface area contributed by atoms with Crippen molar-refractivity contribution in [2.24, 2.45) is 0 Å². The lowest BCUT2D eigenvalue weighted by atomic mass is 9.82. The van der Waals surface area contributed by atoms with Crippen molar-refractivity contribution < 1.29 is 4.39 Å². The standard InChI is InChI=1S/C14H29FN2/c1-5-13(4)12-17(10-8-9-15)14(6-2,7-3)11-16-13/h16H,5-12H2,1-4H3. The molecule has 1 atom stereocenters. The summed E-state index contributed by atoms with van der Waals surface area (Å²) >= 11 is 0. The molecule has 0 aromatic carbocycles. The summed E-state index contributed by atoms with van der Waals surface area (Å²) in [6, 6.07) is 0. The molecule has 1 rings (SSSR count). The lowest BCUT2D eigenvalue weighted by Crippen LogP contribution is -2.68. The van der Waals surface area contributed by atoms with E-state index in [0.29, 0.717) is 6.42 Å². The van der Waals surface area contributed by atoms with Gasteiger partial charge in [-0.1, -0.05) is 20.8 Å². The largest absolute Gasteiger partial charge is 0.308 e. The van der Waals surface area contributed by atoms with Crippen LogP contribution in [0.1, 0.15) is 53.4 Å². The van der Waals surface area contributed by atoms with Gasteiger partial charge in [0.25, 0.3) is 0 Å². The number of rotatable bonds is 6. The molecule has 0 spiro atoms. The van der Waals surface area contributed by atoms with Crippen LogP contribution in [0.5, 0.6) is 0 Å².